The van der Waals surface area contributed by atoms with Crippen molar-refractivity contribution in [1.29, 1.82) is 0 Å². The van der Waals surface area contributed by atoms with E-state index in [2.05, 4.69) is 33.0 Å². The fraction of sp³-hybridized carbons (Fsp3) is 0.600. The Balaban J connectivity index is 1.81. The fourth-order valence-corrected chi connectivity index (χ4v) is 3.70. The SMILES string of the molecule is ClCCN(Cc1cc(Br)cc2c1OCC2)C1CCC1. The van der Waals surface area contributed by atoms with E-state index in [1.165, 1.54) is 30.4 Å². The van der Waals surface area contributed by atoms with Crippen molar-refractivity contribution in [2.75, 3.05) is 19.0 Å². The second kappa shape index (κ2) is 6.02. The van der Waals surface area contributed by atoms with Gasteiger partial charge in [0, 0.05) is 41.5 Å². The highest BCUT2D eigenvalue weighted by molar-refractivity contribution is 9.10. The number of hydrogen-bond acceptors (Lipinski definition) is 2. The first-order valence-electron chi connectivity index (χ1n) is 7.02. The van der Waals surface area contributed by atoms with Gasteiger partial charge in [0.15, 0.2) is 0 Å². The fourth-order valence-electron chi connectivity index (χ4n) is 2.93. The summed E-state index contributed by atoms with van der Waals surface area (Å²) < 4.78 is 6.97. The summed E-state index contributed by atoms with van der Waals surface area (Å²) in [5, 5.41) is 0. The van der Waals surface area contributed by atoms with Crippen LogP contribution in [0.15, 0.2) is 16.6 Å². The molecule has 1 aliphatic heterocycles. The molecule has 1 aliphatic carbocycles. The number of rotatable bonds is 5. The maximum atomic E-state index is 5.95. The number of ether oxygens (including phenoxy) is 1. The molecule has 0 amide bonds. The Bertz CT molecular complexity index is 462. The van der Waals surface area contributed by atoms with Crippen LogP contribution < -0.4 is 4.74 Å². The standard InChI is InChI=1S/C15H19BrClNO/c16-13-8-11-4-7-19-15(11)12(9-13)10-18(6-5-17)14-2-1-3-14/h8-9,14H,1-7,10H2. The highest BCUT2D eigenvalue weighted by Gasteiger charge is 2.26. The van der Waals surface area contributed by atoms with Crippen LogP contribution >= 0.6 is 27.5 Å². The number of nitrogens with zero attached hydrogens (tertiary/aromatic N) is 1. The zero-order valence-electron chi connectivity index (χ0n) is 11.0. The Morgan fingerprint density at radius 3 is 2.89 bits per heavy atom. The van der Waals surface area contributed by atoms with Crippen molar-refractivity contribution in [2.45, 2.75) is 38.3 Å². The van der Waals surface area contributed by atoms with Crippen molar-refractivity contribution in [3.05, 3.63) is 27.7 Å². The second-order valence-electron chi connectivity index (χ2n) is 5.40. The Kier molecular flexibility index (Phi) is 4.35. The highest BCUT2D eigenvalue weighted by atomic mass is 79.9. The molecule has 0 spiro atoms. The third-order valence-electron chi connectivity index (χ3n) is 4.16. The van der Waals surface area contributed by atoms with Crippen molar-refractivity contribution < 1.29 is 4.74 Å². The largest absolute Gasteiger partial charge is 0.493 e. The zero-order chi connectivity index (χ0) is 13.2. The van der Waals surface area contributed by atoms with Crippen LogP contribution in [0, 0.1) is 0 Å². The topological polar surface area (TPSA) is 12.5 Å². The monoisotopic (exact) mass is 343 g/mol. The van der Waals surface area contributed by atoms with Gasteiger partial charge in [-0.2, -0.15) is 0 Å². The molecule has 0 atom stereocenters. The van der Waals surface area contributed by atoms with Crippen molar-refractivity contribution in [1.82, 2.24) is 4.90 Å². The summed E-state index contributed by atoms with van der Waals surface area (Å²) in [7, 11) is 0. The maximum absolute atomic E-state index is 5.95. The van der Waals surface area contributed by atoms with Crippen LogP contribution in [-0.2, 0) is 13.0 Å². The van der Waals surface area contributed by atoms with Gasteiger partial charge >= 0.3 is 0 Å². The number of alkyl halides is 1. The molecule has 2 aliphatic rings. The molecule has 104 valence electrons. The van der Waals surface area contributed by atoms with Gasteiger partial charge in [0.25, 0.3) is 0 Å². The van der Waals surface area contributed by atoms with E-state index in [1.807, 2.05) is 0 Å². The van der Waals surface area contributed by atoms with E-state index < -0.39 is 0 Å². The number of halogens is 2. The average molecular weight is 345 g/mol. The van der Waals surface area contributed by atoms with Crippen molar-refractivity contribution >= 4 is 27.5 Å². The minimum absolute atomic E-state index is 0.702. The van der Waals surface area contributed by atoms with Crippen molar-refractivity contribution in [3.8, 4) is 5.75 Å². The first-order valence-corrected chi connectivity index (χ1v) is 8.35. The van der Waals surface area contributed by atoms with Gasteiger partial charge in [-0.15, -0.1) is 11.6 Å². The summed E-state index contributed by atoms with van der Waals surface area (Å²) in [5.74, 6) is 1.81. The zero-order valence-corrected chi connectivity index (χ0v) is 13.3. The molecular formula is C15H19BrClNO. The predicted molar refractivity (Wildman–Crippen MR) is 82.1 cm³/mol. The van der Waals surface area contributed by atoms with Crippen LogP contribution in [0.25, 0.3) is 0 Å². The lowest BCUT2D eigenvalue weighted by molar-refractivity contribution is 0.126. The molecule has 0 N–H and O–H groups in total. The van der Waals surface area contributed by atoms with E-state index in [1.54, 1.807) is 0 Å². The minimum Gasteiger partial charge on any atom is -0.493 e. The van der Waals surface area contributed by atoms with Crippen LogP contribution in [0.3, 0.4) is 0 Å². The van der Waals surface area contributed by atoms with E-state index in [-0.39, 0.29) is 0 Å². The van der Waals surface area contributed by atoms with E-state index in [9.17, 15) is 0 Å². The Hall–Kier alpha value is -0.250. The molecule has 4 heteroatoms. The van der Waals surface area contributed by atoms with Gasteiger partial charge < -0.3 is 4.74 Å². The summed E-state index contributed by atoms with van der Waals surface area (Å²) in [6.45, 7) is 2.74. The molecule has 0 unspecified atom stereocenters. The van der Waals surface area contributed by atoms with Crippen LogP contribution in [0.4, 0.5) is 0 Å². The van der Waals surface area contributed by atoms with Crippen LogP contribution in [0.5, 0.6) is 5.75 Å². The molecule has 1 aromatic carbocycles. The summed E-state index contributed by atoms with van der Waals surface area (Å²) >= 11 is 9.57. The quantitative estimate of drug-likeness (QED) is 0.749. The minimum atomic E-state index is 0.702. The third kappa shape index (κ3) is 2.93. The molecule has 0 saturated heterocycles. The molecule has 19 heavy (non-hydrogen) atoms. The van der Waals surface area contributed by atoms with Gasteiger partial charge in [-0.05, 0) is 30.5 Å². The highest BCUT2D eigenvalue weighted by Crippen LogP contribution is 2.35. The van der Waals surface area contributed by atoms with Crippen molar-refractivity contribution in [2.24, 2.45) is 0 Å². The van der Waals surface area contributed by atoms with Crippen molar-refractivity contribution in [3.63, 3.8) is 0 Å². The molecule has 0 radical (unpaired) electrons. The van der Waals surface area contributed by atoms with E-state index >= 15 is 0 Å². The van der Waals surface area contributed by atoms with Gasteiger partial charge in [0.05, 0.1) is 6.61 Å². The Morgan fingerprint density at radius 1 is 1.37 bits per heavy atom. The van der Waals surface area contributed by atoms with Gasteiger partial charge in [-0.3, -0.25) is 4.90 Å². The van der Waals surface area contributed by atoms with E-state index in [0.717, 1.165) is 42.4 Å². The first kappa shape index (κ1) is 13.7. The average Bonchev–Trinajstić information content (AvgIpc) is 2.74. The third-order valence-corrected chi connectivity index (χ3v) is 4.79. The van der Waals surface area contributed by atoms with E-state index in [4.69, 9.17) is 16.3 Å². The number of fused-ring (bicyclic) bond motifs is 1. The lowest BCUT2D eigenvalue weighted by atomic mass is 9.91. The summed E-state index contributed by atoms with van der Waals surface area (Å²) in [6, 6.07) is 5.10. The lowest BCUT2D eigenvalue weighted by Crippen LogP contribution is -2.40. The second-order valence-corrected chi connectivity index (χ2v) is 6.69. The smallest absolute Gasteiger partial charge is 0.127 e. The van der Waals surface area contributed by atoms with Gasteiger partial charge in [-0.25, -0.2) is 0 Å². The number of hydrogen-bond donors (Lipinski definition) is 0. The van der Waals surface area contributed by atoms with Crippen LogP contribution in [-0.4, -0.2) is 30.0 Å². The molecule has 1 fully saturated rings. The van der Waals surface area contributed by atoms with Gasteiger partial charge in [-0.1, -0.05) is 22.4 Å². The number of benzene rings is 1. The molecule has 0 bridgehead atoms. The molecule has 0 aromatic heterocycles. The summed E-state index contributed by atoms with van der Waals surface area (Å²) in [6.07, 6.45) is 5.01. The maximum Gasteiger partial charge on any atom is 0.127 e. The van der Waals surface area contributed by atoms with Gasteiger partial charge in [0.2, 0.25) is 0 Å². The normalized spacial score (nSPS) is 18.3. The molecule has 1 saturated carbocycles. The molecule has 3 rings (SSSR count). The van der Waals surface area contributed by atoms with Gasteiger partial charge in [0.1, 0.15) is 5.75 Å². The molecule has 2 nitrogen and oxygen atoms in total. The summed E-state index contributed by atoms with van der Waals surface area (Å²) in [5.41, 5.74) is 2.64. The van der Waals surface area contributed by atoms with Crippen LogP contribution in [0.1, 0.15) is 30.4 Å². The molecule has 1 heterocycles. The summed E-state index contributed by atoms with van der Waals surface area (Å²) in [4.78, 5) is 2.51. The predicted octanol–water partition coefficient (Wildman–Crippen LogP) is 3.98. The van der Waals surface area contributed by atoms with E-state index in [0.29, 0.717) is 5.88 Å². The molecule has 1 aromatic rings. The molecular weight excluding hydrogens is 326 g/mol. The lowest BCUT2D eigenvalue weighted by Gasteiger charge is -2.37. The first-order chi connectivity index (χ1) is 9.28. The van der Waals surface area contributed by atoms with Crippen LogP contribution in [0.2, 0.25) is 0 Å². The Labute approximate surface area is 128 Å². The Morgan fingerprint density at radius 2 is 2.21 bits per heavy atom.